The molecule has 1 aromatic rings. The van der Waals surface area contributed by atoms with Crippen molar-refractivity contribution < 1.29 is 14.2 Å². The summed E-state index contributed by atoms with van der Waals surface area (Å²) in [6.07, 6.45) is -0.800. The van der Waals surface area contributed by atoms with Gasteiger partial charge in [0.1, 0.15) is 11.6 Å². The third-order valence-electron chi connectivity index (χ3n) is 2.62. The van der Waals surface area contributed by atoms with Crippen LogP contribution in [-0.2, 0) is 0 Å². The number of benzene rings is 1. The van der Waals surface area contributed by atoms with Crippen molar-refractivity contribution in [2.45, 2.75) is 26.0 Å². The smallest absolute Gasteiger partial charge is 0.131 e. The van der Waals surface area contributed by atoms with Gasteiger partial charge in [0.15, 0.2) is 0 Å². The summed E-state index contributed by atoms with van der Waals surface area (Å²) in [5.41, 5.74) is 6.07. The lowest BCUT2D eigenvalue weighted by atomic mass is 9.93. The first kappa shape index (κ1) is 12.9. The maximum atomic E-state index is 13.6. The van der Waals surface area contributed by atoms with Gasteiger partial charge in [0.05, 0.1) is 19.3 Å². The van der Waals surface area contributed by atoms with Crippen molar-refractivity contribution in [3.63, 3.8) is 0 Å². The minimum Gasteiger partial charge on any atom is -0.496 e. The number of hydrogen-bond acceptors (Lipinski definition) is 3. The number of ether oxygens (including phenoxy) is 1. The molecule has 0 radical (unpaired) electrons. The number of rotatable bonds is 4. The molecule has 0 spiro atoms. The SMILES string of the molecule is COc1cccc(F)c1[C@H](N)[C@H](O)C(C)C. The van der Waals surface area contributed by atoms with Gasteiger partial charge in [-0.1, -0.05) is 19.9 Å². The average Bonchev–Trinajstić information content (AvgIpc) is 2.26. The highest BCUT2D eigenvalue weighted by atomic mass is 19.1. The predicted octanol–water partition coefficient (Wildman–Crippen LogP) is 1.85. The van der Waals surface area contributed by atoms with E-state index in [1.807, 2.05) is 13.8 Å². The Kier molecular flexibility index (Phi) is 4.26. The van der Waals surface area contributed by atoms with Gasteiger partial charge in [-0.05, 0) is 18.1 Å². The van der Waals surface area contributed by atoms with Crippen LogP contribution in [-0.4, -0.2) is 18.3 Å². The molecule has 0 unspecified atom stereocenters. The highest BCUT2D eigenvalue weighted by Crippen LogP contribution is 2.30. The van der Waals surface area contributed by atoms with Crippen molar-refractivity contribution in [3.05, 3.63) is 29.6 Å². The second-order valence-corrected chi connectivity index (χ2v) is 4.12. The Bertz CT molecular complexity index is 355. The fourth-order valence-corrected chi connectivity index (χ4v) is 1.60. The van der Waals surface area contributed by atoms with Crippen LogP contribution in [0.1, 0.15) is 25.5 Å². The van der Waals surface area contributed by atoms with E-state index in [9.17, 15) is 9.50 Å². The molecule has 0 aliphatic carbocycles. The first-order valence-electron chi connectivity index (χ1n) is 5.25. The fraction of sp³-hybridized carbons (Fsp3) is 0.500. The first-order chi connectivity index (χ1) is 7.49. The second kappa shape index (κ2) is 5.27. The number of aliphatic hydroxyl groups excluding tert-OH is 1. The van der Waals surface area contributed by atoms with Crippen molar-refractivity contribution in [1.29, 1.82) is 0 Å². The Morgan fingerprint density at radius 3 is 2.50 bits per heavy atom. The number of nitrogens with two attached hydrogens (primary N) is 1. The van der Waals surface area contributed by atoms with Gasteiger partial charge in [-0.3, -0.25) is 0 Å². The number of hydrogen-bond donors (Lipinski definition) is 2. The van der Waals surface area contributed by atoms with E-state index in [0.29, 0.717) is 5.75 Å². The summed E-state index contributed by atoms with van der Waals surface area (Å²) in [4.78, 5) is 0. The van der Waals surface area contributed by atoms with E-state index in [0.717, 1.165) is 0 Å². The predicted molar refractivity (Wildman–Crippen MR) is 60.7 cm³/mol. The van der Waals surface area contributed by atoms with Crippen molar-refractivity contribution in [2.75, 3.05) is 7.11 Å². The van der Waals surface area contributed by atoms with E-state index < -0.39 is 18.0 Å². The Morgan fingerprint density at radius 1 is 1.38 bits per heavy atom. The number of aliphatic hydroxyl groups is 1. The number of halogens is 1. The topological polar surface area (TPSA) is 55.5 Å². The normalized spacial score (nSPS) is 14.9. The molecule has 0 aliphatic rings. The van der Waals surface area contributed by atoms with Gasteiger partial charge in [-0.2, -0.15) is 0 Å². The molecule has 3 nitrogen and oxygen atoms in total. The molecule has 0 amide bonds. The molecule has 4 heteroatoms. The minimum absolute atomic E-state index is 0.0423. The highest BCUT2D eigenvalue weighted by molar-refractivity contribution is 5.37. The Balaban J connectivity index is 3.11. The van der Waals surface area contributed by atoms with E-state index in [1.54, 1.807) is 12.1 Å². The van der Waals surface area contributed by atoms with Crippen LogP contribution in [0.4, 0.5) is 4.39 Å². The summed E-state index contributed by atoms with van der Waals surface area (Å²) < 4.78 is 18.7. The van der Waals surface area contributed by atoms with Crippen LogP contribution in [0.25, 0.3) is 0 Å². The zero-order valence-corrected chi connectivity index (χ0v) is 9.77. The fourth-order valence-electron chi connectivity index (χ4n) is 1.60. The maximum absolute atomic E-state index is 13.6. The molecule has 2 atom stereocenters. The summed E-state index contributed by atoms with van der Waals surface area (Å²) >= 11 is 0. The van der Waals surface area contributed by atoms with Crippen LogP contribution in [0.3, 0.4) is 0 Å². The third-order valence-corrected chi connectivity index (χ3v) is 2.62. The Hall–Kier alpha value is -1.13. The van der Waals surface area contributed by atoms with Gasteiger partial charge >= 0.3 is 0 Å². The van der Waals surface area contributed by atoms with Crippen molar-refractivity contribution in [2.24, 2.45) is 11.7 Å². The highest BCUT2D eigenvalue weighted by Gasteiger charge is 2.25. The van der Waals surface area contributed by atoms with Crippen molar-refractivity contribution in [1.82, 2.24) is 0 Å². The van der Waals surface area contributed by atoms with E-state index >= 15 is 0 Å². The van der Waals surface area contributed by atoms with Crippen LogP contribution in [0.2, 0.25) is 0 Å². The third kappa shape index (κ3) is 2.51. The van der Waals surface area contributed by atoms with Gasteiger partial charge in [0, 0.05) is 5.56 Å². The van der Waals surface area contributed by atoms with E-state index in [4.69, 9.17) is 10.5 Å². The van der Waals surface area contributed by atoms with Gasteiger partial charge < -0.3 is 15.6 Å². The summed E-state index contributed by atoms with van der Waals surface area (Å²) in [7, 11) is 1.45. The molecule has 0 saturated heterocycles. The van der Waals surface area contributed by atoms with Crippen molar-refractivity contribution >= 4 is 0 Å². The lowest BCUT2D eigenvalue weighted by Crippen LogP contribution is -2.31. The first-order valence-corrected chi connectivity index (χ1v) is 5.25. The number of methoxy groups -OCH3 is 1. The molecule has 0 bridgehead atoms. The summed E-state index contributed by atoms with van der Waals surface area (Å²) in [5.74, 6) is -0.127. The van der Waals surface area contributed by atoms with Crippen LogP contribution < -0.4 is 10.5 Å². The molecule has 0 heterocycles. The quantitative estimate of drug-likeness (QED) is 0.825. The molecule has 3 N–H and O–H groups in total. The van der Waals surface area contributed by atoms with E-state index in [-0.39, 0.29) is 11.5 Å². The molecule has 90 valence electrons. The van der Waals surface area contributed by atoms with Gasteiger partial charge in [-0.15, -0.1) is 0 Å². The largest absolute Gasteiger partial charge is 0.496 e. The zero-order chi connectivity index (χ0) is 12.3. The molecule has 1 rings (SSSR count). The second-order valence-electron chi connectivity index (χ2n) is 4.12. The minimum atomic E-state index is -0.800. The van der Waals surface area contributed by atoms with Crippen LogP contribution in [0.5, 0.6) is 5.75 Å². The molecular weight excluding hydrogens is 209 g/mol. The van der Waals surface area contributed by atoms with Crippen LogP contribution >= 0.6 is 0 Å². The van der Waals surface area contributed by atoms with E-state index in [2.05, 4.69) is 0 Å². The average molecular weight is 227 g/mol. The van der Waals surface area contributed by atoms with Gasteiger partial charge in [0.2, 0.25) is 0 Å². The maximum Gasteiger partial charge on any atom is 0.131 e. The van der Waals surface area contributed by atoms with Crippen LogP contribution in [0, 0.1) is 11.7 Å². The molecule has 0 fully saturated rings. The van der Waals surface area contributed by atoms with Gasteiger partial charge in [0.25, 0.3) is 0 Å². The van der Waals surface area contributed by atoms with Gasteiger partial charge in [-0.25, -0.2) is 4.39 Å². The molecule has 0 saturated carbocycles. The standard InChI is InChI=1S/C12H18FNO2/c1-7(2)12(15)11(14)10-8(13)5-4-6-9(10)16-3/h4-7,11-12,15H,14H2,1-3H3/t11-,12+/m0/s1. The Labute approximate surface area is 95.0 Å². The van der Waals surface area contributed by atoms with Crippen LogP contribution in [0.15, 0.2) is 18.2 Å². The van der Waals surface area contributed by atoms with Crippen molar-refractivity contribution in [3.8, 4) is 5.75 Å². The molecule has 0 aliphatic heterocycles. The Morgan fingerprint density at radius 2 is 2.00 bits per heavy atom. The summed E-state index contributed by atoms with van der Waals surface area (Å²) in [6, 6.07) is 3.71. The lowest BCUT2D eigenvalue weighted by Gasteiger charge is -2.24. The lowest BCUT2D eigenvalue weighted by molar-refractivity contribution is 0.0955. The molecule has 0 aromatic heterocycles. The van der Waals surface area contributed by atoms with E-state index in [1.165, 1.54) is 13.2 Å². The summed E-state index contributed by atoms with van der Waals surface area (Å²) in [5, 5.41) is 9.85. The molecular formula is C12H18FNO2. The zero-order valence-electron chi connectivity index (χ0n) is 9.77. The summed E-state index contributed by atoms with van der Waals surface area (Å²) in [6.45, 7) is 3.66. The molecule has 16 heavy (non-hydrogen) atoms. The molecule has 1 aromatic carbocycles. The monoisotopic (exact) mass is 227 g/mol.